The first-order valence-corrected chi connectivity index (χ1v) is 10.8. The Balaban J connectivity index is 1.59. The number of nitrogens with one attached hydrogen (secondary N) is 3. The molecule has 0 bridgehead atoms. The molecule has 1 aromatic heterocycles. The van der Waals surface area contributed by atoms with Gasteiger partial charge < -0.3 is 15.7 Å². The molecule has 0 aliphatic rings. The van der Waals surface area contributed by atoms with Crippen LogP contribution in [-0.4, -0.2) is 26.3 Å². The maximum absolute atomic E-state index is 10.3. The maximum atomic E-state index is 10.3. The third-order valence-electron chi connectivity index (χ3n) is 4.36. The molecule has 4 N–H and O–H groups in total. The number of para-hydroxylation sites is 2. The summed E-state index contributed by atoms with van der Waals surface area (Å²) in [6.07, 6.45) is 1.53. The highest BCUT2D eigenvalue weighted by Gasteiger charge is 2.08. The monoisotopic (exact) mass is 537 g/mol. The lowest BCUT2D eigenvalue weighted by Gasteiger charge is -2.10. The van der Waals surface area contributed by atoms with Crippen LogP contribution in [0.1, 0.15) is 11.1 Å². The lowest BCUT2D eigenvalue weighted by molar-refractivity contribution is 0.470. The van der Waals surface area contributed by atoms with Gasteiger partial charge in [0, 0.05) is 20.5 Å². The summed E-state index contributed by atoms with van der Waals surface area (Å²) in [5.41, 5.74) is 5.89. The number of benzene rings is 3. The van der Waals surface area contributed by atoms with Gasteiger partial charge in [-0.2, -0.15) is 20.1 Å². The van der Waals surface area contributed by atoms with Gasteiger partial charge in [-0.1, -0.05) is 36.4 Å². The molecule has 0 amide bonds. The standard InChI is InChI=1S/C23H20IN7O/c1-15-12-17(24)13-16(20(15)32)14-25-31-23-29-21(26-18-8-4-2-5-9-18)28-22(30-23)27-19-10-6-3-7-11-19/h2-14,32H,1H3,(H3,26,27,28,29,30,31)/b25-14-. The van der Waals surface area contributed by atoms with Crippen LogP contribution in [0.15, 0.2) is 77.9 Å². The molecule has 0 aliphatic carbocycles. The number of aromatic hydroxyl groups is 1. The van der Waals surface area contributed by atoms with Gasteiger partial charge in [0.1, 0.15) is 5.75 Å². The van der Waals surface area contributed by atoms with Crippen LogP contribution in [0.3, 0.4) is 0 Å². The molecule has 0 fully saturated rings. The van der Waals surface area contributed by atoms with Crippen LogP contribution in [0.5, 0.6) is 5.75 Å². The van der Waals surface area contributed by atoms with Crippen LogP contribution in [0.4, 0.5) is 29.2 Å². The van der Waals surface area contributed by atoms with Crippen molar-refractivity contribution >= 4 is 58.0 Å². The number of nitrogens with zero attached hydrogens (tertiary/aromatic N) is 4. The zero-order valence-corrected chi connectivity index (χ0v) is 19.3. The first kappa shape index (κ1) is 21.5. The van der Waals surface area contributed by atoms with Crippen molar-refractivity contribution in [1.29, 1.82) is 0 Å². The summed E-state index contributed by atoms with van der Waals surface area (Å²) in [6, 6.07) is 23.0. The summed E-state index contributed by atoms with van der Waals surface area (Å²) in [7, 11) is 0. The van der Waals surface area contributed by atoms with Gasteiger partial charge in [-0.05, 0) is 71.5 Å². The van der Waals surface area contributed by atoms with Crippen molar-refractivity contribution in [3.8, 4) is 5.75 Å². The fraction of sp³-hybridized carbons (Fsp3) is 0.0435. The van der Waals surface area contributed by atoms with E-state index in [0.29, 0.717) is 17.5 Å². The van der Waals surface area contributed by atoms with Crippen LogP contribution in [-0.2, 0) is 0 Å². The van der Waals surface area contributed by atoms with E-state index in [1.807, 2.05) is 79.7 Å². The van der Waals surface area contributed by atoms with E-state index < -0.39 is 0 Å². The van der Waals surface area contributed by atoms with Gasteiger partial charge in [0.2, 0.25) is 17.8 Å². The van der Waals surface area contributed by atoms with Crippen molar-refractivity contribution in [3.63, 3.8) is 0 Å². The SMILES string of the molecule is Cc1cc(I)cc(/C=N\Nc2nc(Nc3ccccc3)nc(Nc3ccccc3)n2)c1O. The molecule has 0 radical (unpaired) electrons. The van der Waals surface area contributed by atoms with Gasteiger partial charge >= 0.3 is 0 Å². The van der Waals surface area contributed by atoms with E-state index in [1.165, 1.54) is 6.21 Å². The Morgan fingerprint density at radius 1 is 0.812 bits per heavy atom. The normalized spacial score (nSPS) is 10.8. The number of hydrazone groups is 1. The van der Waals surface area contributed by atoms with Crippen LogP contribution < -0.4 is 16.1 Å². The van der Waals surface area contributed by atoms with E-state index in [0.717, 1.165) is 20.5 Å². The third kappa shape index (κ3) is 5.70. The second kappa shape index (κ2) is 10.1. The molecule has 4 rings (SSSR count). The second-order valence-electron chi connectivity index (χ2n) is 6.82. The lowest BCUT2D eigenvalue weighted by Crippen LogP contribution is -2.07. The number of halogens is 1. The minimum Gasteiger partial charge on any atom is -0.507 e. The predicted octanol–water partition coefficient (Wildman–Crippen LogP) is 5.42. The van der Waals surface area contributed by atoms with Crippen LogP contribution in [0.2, 0.25) is 0 Å². The number of rotatable bonds is 7. The highest BCUT2D eigenvalue weighted by molar-refractivity contribution is 14.1. The molecule has 32 heavy (non-hydrogen) atoms. The fourth-order valence-corrected chi connectivity index (χ4v) is 3.66. The Bertz CT molecular complexity index is 1170. The van der Waals surface area contributed by atoms with Crippen LogP contribution in [0.25, 0.3) is 0 Å². The molecular weight excluding hydrogens is 517 g/mol. The molecule has 4 aromatic rings. The smallest absolute Gasteiger partial charge is 0.250 e. The first-order valence-electron chi connectivity index (χ1n) is 9.75. The first-order chi connectivity index (χ1) is 15.6. The Hall–Kier alpha value is -3.73. The number of hydrogen-bond donors (Lipinski definition) is 4. The van der Waals surface area contributed by atoms with E-state index in [9.17, 15) is 5.11 Å². The molecule has 8 nitrogen and oxygen atoms in total. The highest BCUT2D eigenvalue weighted by Crippen LogP contribution is 2.23. The molecule has 9 heteroatoms. The van der Waals surface area contributed by atoms with Crippen LogP contribution >= 0.6 is 22.6 Å². The minimum atomic E-state index is 0.185. The minimum absolute atomic E-state index is 0.185. The average molecular weight is 537 g/mol. The number of phenolic OH excluding ortho intramolecular Hbond substituents is 1. The van der Waals surface area contributed by atoms with Gasteiger partial charge in [-0.25, -0.2) is 5.43 Å². The van der Waals surface area contributed by atoms with Crippen molar-refractivity contribution in [2.75, 3.05) is 16.1 Å². The summed E-state index contributed by atoms with van der Waals surface area (Å²) >= 11 is 2.20. The number of anilines is 5. The third-order valence-corrected chi connectivity index (χ3v) is 4.98. The van der Waals surface area contributed by atoms with Crippen molar-refractivity contribution < 1.29 is 5.11 Å². The summed E-state index contributed by atoms with van der Waals surface area (Å²) < 4.78 is 1.00. The number of phenols is 1. The van der Waals surface area contributed by atoms with Crippen molar-refractivity contribution in [3.05, 3.63) is 87.5 Å². The molecule has 0 saturated carbocycles. The Kier molecular flexibility index (Phi) is 6.75. The van der Waals surface area contributed by atoms with E-state index in [-0.39, 0.29) is 11.7 Å². The van der Waals surface area contributed by atoms with E-state index in [4.69, 9.17) is 0 Å². The zero-order chi connectivity index (χ0) is 22.3. The van der Waals surface area contributed by atoms with Gasteiger partial charge in [0.05, 0.1) is 6.21 Å². The summed E-state index contributed by atoms with van der Waals surface area (Å²) in [4.78, 5) is 13.2. The van der Waals surface area contributed by atoms with Gasteiger partial charge in [0.25, 0.3) is 0 Å². The molecule has 0 saturated heterocycles. The number of aryl methyl sites for hydroxylation is 1. The molecule has 0 spiro atoms. The van der Waals surface area contributed by atoms with E-state index >= 15 is 0 Å². The lowest BCUT2D eigenvalue weighted by atomic mass is 10.1. The summed E-state index contributed by atoms with van der Waals surface area (Å²) in [5, 5.41) is 20.8. The maximum Gasteiger partial charge on any atom is 0.250 e. The predicted molar refractivity (Wildman–Crippen MR) is 136 cm³/mol. The summed E-state index contributed by atoms with van der Waals surface area (Å²) in [6.45, 7) is 1.84. The quantitative estimate of drug-likeness (QED) is 0.142. The van der Waals surface area contributed by atoms with E-state index in [2.05, 4.69) is 58.7 Å². The van der Waals surface area contributed by atoms with Crippen molar-refractivity contribution in [2.24, 2.45) is 5.10 Å². The van der Waals surface area contributed by atoms with Gasteiger partial charge in [-0.3, -0.25) is 0 Å². The average Bonchev–Trinajstić information content (AvgIpc) is 2.78. The molecule has 0 unspecified atom stereocenters. The van der Waals surface area contributed by atoms with Crippen molar-refractivity contribution in [2.45, 2.75) is 6.92 Å². The molecular formula is C23H20IN7O. The van der Waals surface area contributed by atoms with E-state index in [1.54, 1.807) is 0 Å². The molecule has 0 atom stereocenters. The van der Waals surface area contributed by atoms with Gasteiger partial charge in [0.15, 0.2) is 0 Å². The molecule has 1 heterocycles. The number of hydrogen-bond acceptors (Lipinski definition) is 8. The largest absolute Gasteiger partial charge is 0.507 e. The molecule has 160 valence electrons. The highest BCUT2D eigenvalue weighted by atomic mass is 127. The summed E-state index contributed by atoms with van der Waals surface area (Å²) in [5.74, 6) is 1.14. The van der Waals surface area contributed by atoms with Gasteiger partial charge in [-0.15, -0.1) is 0 Å². The van der Waals surface area contributed by atoms with Crippen LogP contribution in [0, 0.1) is 10.5 Å². The fourth-order valence-electron chi connectivity index (χ4n) is 2.86. The molecule has 3 aromatic carbocycles. The molecule has 0 aliphatic heterocycles. The Morgan fingerprint density at radius 3 is 1.91 bits per heavy atom. The topological polar surface area (TPSA) is 107 Å². The van der Waals surface area contributed by atoms with Crippen molar-refractivity contribution in [1.82, 2.24) is 15.0 Å². The second-order valence-corrected chi connectivity index (χ2v) is 8.06. The Labute approximate surface area is 199 Å². The Morgan fingerprint density at radius 2 is 1.34 bits per heavy atom. The number of aromatic nitrogens is 3. The zero-order valence-electron chi connectivity index (χ0n) is 17.1.